The van der Waals surface area contributed by atoms with E-state index in [2.05, 4.69) is 15.1 Å². The Kier molecular flexibility index (Phi) is 4.46. The van der Waals surface area contributed by atoms with E-state index in [0.717, 1.165) is 11.4 Å². The normalized spacial score (nSPS) is 10.7. The number of anilines is 1. The van der Waals surface area contributed by atoms with Crippen molar-refractivity contribution in [1.29, 1.82) is 0 Å². The number of carbonyl (C=O) groups is 1. The summed E-state index contributed by atoms with van der Waals surface area (Å²) >= 11 is 1.32. The Morgan fingerprint density at radius 2 is 2.00 bits per heavy atom. The highest BCUT2D eigenvalue weighted by Crippen LogP contribution is 2.27. The highest BCUT2D eigenvalue weighted by Gasteiger charge is 2.24. The fraction of sp³-hybridized carbons (Fsp3) is 0.385. The summed E-state index contributed by atoms with van der Waals surface area (Å²) in [4.78, 5) is 20.6. The van der Waals surface area contributed by atoms with Crippen LogP contribution in [0.25, 0.3) is 5.95 Å². The van der Waals surface area contributed by atoms with Crippen LogP contribution < -0.4 is 5.73 Å². The second-order valence-corrected chi connectivity index (χ2v) is 5.15. The van der Waals surface area contributed by atoms with Gasteiger partial charge >= 0.3 is 5.97 Å². The number of nitrogen functional groups attached to an aromatic ring is 1. The van der Waals surface area contributed by atoms with Gasteiger partial charge in [0.2, 0.25) is 0 Å². The van der Waals surface area contributed by atoms with Crippen molar-refractivity contribution < 1.29 is 9.53 Å². The number of hydrogen-bond donors (Lipinski definition) is 1. The van der Waals surface area contributed by atoms with Gasteiger partial charge in [-0.15, -0.1) is 11.8 Å². The fourth-order valence-electron chi connectivity index (χ4n) is 1.90. The van der Waals surface area contributed by atoms with E-state index >= 15 is 0 Å². The molecule has 0 atom stereocenters. The molecule has 2 aromatic rings. The SMILES string of the molecule is CCOC(=O)c1c(SC)nn(-c2nc(C)cc(C)n2)c1N. The maximum absolute atomic E-state index is 12.0. The van der Waals surface area contributed by atoms with Crippen molar-refractivity contribution in [3.05, 3.63) is 23.0 Å². The van der Waals surface area contributed by atoms with E-state index < -0.39 is 5.97 Å². The first-order valence-corrected chi connectivity index (χ1v) is 7.62. The molecule has 112 valence electrons. The summed E-state index contributed by atoms with van der Waals surface area (Å²) in [6, 6.07) is 1.85. The monoisotopic (exact) mass is 307 g/mol. The summed E-state index contributed by atoms with van der Waals surface area (Å²) in [7, 11) is 0. The number of carbonyl (C=O) groups excluding carboxylic acids is 1. The number of thioether (sulfide) groups is 1. The summed E-state index contributed by atoms with van der Waals surface area (Å²) in [5.74, 6) is 0.0358. The van der Waals surface area contributed by atoms with E-state index in [4.69, 9.17) is 10.5 Å². The van der Waals surface area contributed by atoms with Crippen molar-refractivity contribution in [3.63, 3.8) is 0 Å². The van der Waals surface area contributed by atoms with Gasteiger partial charge in [-0.1, -0.05) is 0 Å². The molecule has 0 unspecified atom stereocenters. The first kappa shape index (κ1) is 15.3. The summed E-state index contributed by atoms with van der Waals surface area (Å²) in [6.07, 6.45) is 1.82. The number of aryl methyl sites for hydroxylation is 2. The Bertz CT molecular complexity index is 663. The highest BCUT2D eigenvalue weighted by atomic mass is 32.2. The minimum atomic E-state index is -0.491. The largest absolute Gasteiger partial charge is 0.462 e. The van der Waals surface area contributed by atoms with Crippen molar-refractivity contribution in [2.45, 2.75) is 25.8 Å². The average molecular weight is 307 g/mol. The molecule has 2 N–H and O–H groups in total. The topological polar surface area (TPSA) is 95.9 Å². The van der Waals surface area contributed by atoms with Gasteiger partial charge in [0.05, 0.1) is 6.61 Å². The molecular formula is C13H17N5O2S. The molecule has 0 fully saturated rings. The van der Waals surface area contributed by atoms with Gasteiger partial charge in [0.15, 0.2) is 0 Å². The molecular weight excluding hydrogens is 290 g/mol. The highest BCUT2D eigenvalue weighted by molar-refractivity contribution is 7.98. The fourth-order valence-corrected chi connectivity index (χ4v) is 2.46. The molecule has 0 amide bonds. The number of nitrogens with two attached hydrogens (primary N) is 1. The Labute approximate surface area is 126 Å². The lowest BCUT2D eigenvalue weighted by Crippen LogP contribution is -2.11. The predicted molar refractivity (Wildman–Crippen MR) is 80.8 cm³/mol. The van der Waals surface area contributed by atoms with Crippen molar-refractivity contribution in [2.75, 3.05) is 18.6 Å². The van der Waals surface area contributed by atoms with Crippen LogP contribution in [0.1, 0.15) is 28.7 Å². The van der Waals surface area contributed by atoms with E-state index in [1.165, 1.54) is 16.4 Å². The molecule has 7 nitrogen and oxygen atoms in total. The Balaban J connectivity index is 2.58. The lowest BCUT2D eigenvalue weighted by atomic mass is 10.3. The molecule has 21 heavy (non-hydrogen) atoms. The molecule has 0 aliphatic rings. The third-order valence-electron chi connectivity index (χ3n) is 2.72. The predicted octanol–water partition coefficient (Wildman–Crippen LogP) is 1.76. The zero-order valence-electron chi connectivity index (χ0n) is 12.4. The Hall–Kier alpha value is -2.09. The molecule has 0 aliphatic heterocycles. The molecule has 0 radical (unpaired) electrons. The van der Waals surface area contributed by atoms with Crippen LogP contribution in [-0.4, -0.2) is 38.6 Å². The number of ether oxygens (including phenoxy) is 1. The first-order chi connectivity index (χ1) is 9.97. The van der Waals surface area contributed by atoms with E-state index in [1.54, 1.807) is 6.92 Å². The van der Waals surface area contributed by atoms with Crippen LogP contribution in [-0.2, 0) is 4.74 Å². The van der Waals surface area contributed by atoms with E-state index in [0.29, 0.717) is 11.0 Å². The average Bonchev–Trinajstić information content (AvgIpc) is 2.75. The number of rotatable bonds is 4. The molecule has 2 rings (SSSR count). The zero-order chi connectivity index (χ0) is 15.6. The van der Waals surface area contributed by atoms with Gasteiger partial charge in [-0.2, -0.15) is 9.78 Å². The van der Waals surface area contributed by atoms with Gasteiger partial charge in [0.1, 0.15) is 16.4 Å². The van der Waals surface area contributed by atoms with Gasteiger partial charge in [-0.05, 0) is 33.1 Å². The van der Waals surface area contributed by atoms with Crippen LogP contribution in [0.2, 0.25) is 0 Å². The first-order valence-electron chi connectivity index (χ1n) is 6.40. The second-order valence-electron chi connectivity index (χ2n) is 4.35. The van der Waals surface area contributed by atoms with Gasteiger partial charge in [0.25, 0.3) is 5.95 Å². The van der Waals surface area contributed by atoms with Crippen molar-refractivity contribution in [2.24, 2.45) is 0 Å². The molecule has 8 heteroatoms. The molecule has 0 aromatic carbocycles. The maximum atomic E-state index is 12.0. The lowest BCUT2D eigenvalue weighted by molar-refractivity contribution is 0.0523. The van der Waals surface area contributed by atoms with Crippen molar-refractivity contribution in [1.82, 2.24) is 19.7 Å². The van der Waals surface area contributed by atoms with Crippen LogP contribution in [0.4, 0.5) is 5.82 Å². The van der Waals surface area contributed by atoms with Crippen molar-refractivity contribution >= 4 is 23.5 Å². The summed E-state index contributed by atoms with van der Waals surface area (Å²) in [5.41, 5.74) is 7.91. The Morgan fingerprint density at radius 3 is 2.52 bits per heavy atom. The summed E-state index contributed by atoms with van der Waals surface area (Å²) < 4.78 is 6.39. The molecule has 0 bridgehead atoms. The molecule has 0 saturated carbocycles. The van der Waals surface area contributed by atoms with E-state index in [1.807, 2.05) is 26.2 Å². The zero-order valence-corrected chi connectivity index (χ0v) is 13.2. The summed E-state index contributed by atoms with van der Waals surface area (Å²) in [6.45, 7) is 5.74. The van der Waals surface area contributed by atoms with E-state index in [-0.39, 0.29) is 18.0 Å². The minimum absolute atomic E-state index is 0.183. The molecule has 2 aromatic heterocycles. The van der Waals surface area contributed by atoms with Crippen LogP contribution >= 0.6 is 11.8 Å². The van der Waals surface area contributed by atoms with Crippen LogP contribution in [0, 0.1) is 13.8 Å². The molecule has 2 heterocycles. The summed E-state index contributed by atoms with van der Waals surface area (Å²) in [5, 5.41) is 4.81. The van der Waals surface area contributed by atoms with Gasteiger partial charge in [-0.25, -0.2) is 14.8 Å². The van der Waals surface area contributed by atoms with Gasteiger partial charge < -0.3 is 10.5 Å². The lowest BCUT2D eigenvalue weighted by Gasteiger charge is -2.05. The standard InChI is InChI=1S/C13H17N5O2S/c1-5-20-12(19)9-10(14)18(17-11(9)21-4)13-15-7(2)6-8(3)16-13/h6H,5,14H2,1-4H3. The van der Waals surface area contributed by atoms with Crippen molar-refractivity contribution in [3.8, 4) is 5.95 Å². The van der Waals surface area contributed by atoms with E-state index in [9.17, 15) is 4.79 Å². The van der Waals surface area contributed by atoms with Gasteiger partial charge in [-0.3, -0.25) is 0 Å². The molecule has 0 aliphatic carbocycles. The number of aromatic nitrogens is 4. The number of hydrogen-bond acceptors (Lipinski definition) is 7. The smallest absolute Gasteiger partial charge is 0.344 e. The number of esters is 1. The Morgan fingerprint density at radius 1 is 1.38 bits per heavy atom. The minimum Gasteiger partial charge on any atom is -0.462 e. The number of nitrogens with zero attached hydrogens (tertiary/aromatic N) is 4. The third kappa shape index (κ3) is 2.99. The molecule has 0 spiro atoms. The van der Waals surface area contributed by atoms with Gasteiger partial charge in [0, 0.05) is 11.4 Å². The van der Waals surface area contributed by atoms with Crippen LogP contribution in [0.15, 0.2) is 11.1 Å². The maximum Gasteiger partial charge on any atom is 0.344 e. The third-order valence-corrected chi connectivity index (χ3v) is 3.39. The quantitative estimate of drug-likeness (QED) is 0.679. The van der Waals surface area contributed by atoms with Crippen LogP contribution in [0.5, 0.6) is 0 Å². The molecule has 0 saturated heterocycles. The van der Waals surface area contributed by atoms with Crippen LogP contribution in [0.3, 0.4) is 0 Å². The second kappa shape index (κ2) is 6.13.